The topological polar surface area (TPSA) is 97.2 Å². The quantitative estimate of drug-likeness (QED) is 0.318. The summed E-state index contributed by atoms with van der Waals surface area (Å²) in [5.41, 5.74) is 8.31. The fraction of sp³-hybridized carbons (Fsp3) is 0.143. The van der Waals surface area contributed by atoms with Crippen LogP contribution in [0.25, 0.3) is 11.1 Å². The highest BCUT2D eigenvalue weighted by atomic mass is 79.9. The standard InChI is InChI=1S/C21H19Br2N3O3/c1-29-11-10-25-21(28)17-16(12-2-6-14(22)7-3-12)18(26-20(17)24)19(27)13-4-8-15(23)9-5-13/h2-9,26H,10-11,24H2,1H3,(H,25,28). The monoisotopic (exact) mass is 519 g/mol. The van der Waals surface area contributed by atoms with Crippen molar-refractivity contribution < 1.29 is 14.3 Å². The van der Waals surface area contributed by atoms with Gasteiger partial charge in [-0.15, -0.1) is 0 Å². The predicted octanol–water partition coefficient (Wildman–Crippen LogP) is 4.40. The third-order valence-electron chi connectivity index (χ3n) is 4.31. The van der Waals surface area contributed by atoms with E-state index in [4.69, 9.17) is 10.5 Å². The number of anilines is 1. The Morgan fingerprint density at radius 3 is 2.21 bits per heavy atom. The molecule has 0 unspecified atom stereocenters. The van der Waals surface area contributed by atoms with Gasteiger partial charge in [0.1, 0.15) is 5.82 Å². The van der Waals surface area contributed by atoms with E-state index in [1.807, 2.05) is 24.3 Å². The second-order valence-electron chi connectivity index (χ2n) is 6.26. The highest BCUT2D eigenvalue weighted by molar-refractivity contribution is 9.10. The number of aromatic nitrogens is 1. The Balaban J connectivity index is 2.11. The number of nitrogens with one attached hydrogen (secondary N) is 2. The minimum Gasteiger partial charge on any atom is -0.385 e. The molecule has 6 nitrogen and oxygen atoms in total. The van der Waals surface area contributed by atoms with Gasteiger partial charge in [-0.05, 0) is 42.0 Å². The number of carbonyl (C=O) groups is 2. The Kier molecular flexibility index (Phi) is 6.89. The maximum atomic E-state index is 13.2. The van der Waals surface area contributed by atoms with E-state index in [0.29, 0.717) is 29.8 Å². The van der Waals surface area contributed by atoms with Crippen LogP contribution in [0, 0.1) is 0 Å². The average Bonchev–Trinajstić information content (AvgIpc) is 3.06. The smallest absolute Gasteiger partial charge is 0.255 e. The van der Waals surface area contributed by atoms with Crippen molar-refractivity contribution in [3.05, 3.63) is 74.3 Å². The number of halogens is 2. The summed E-state index contributed by atoms with van der Waals surface area (Å²) in [6.45, 7) is 0.699. The van der Waals surface area contributed by atoms with Crippen LogP contribution in [0.15, 0.2) is 57.5 Å². The molecule has 3 rings (SSSR count). The van der Waals surface area contributed by atoms with E-state index >= 15 is 0 Å². The number of hydrogen-bond donors (Lipinski definition) is 3. The number of ether oxygens (including phenoxy) is 1. The molecule has 0 spiro atoms. The molecule has 0 radical (unpaired) electrons. The molecule has 0 saturated carbocycles. The van der Waals surface area contributed by atoms with Gasteiger partial charge >= 0.3 is 0 Å². The third kappa shape index (κ3) is 4.77. The van der Waals surface area contributed by atoms with Crippen molar-refractivity contribution in [2.75, 3.05) is 26.0 Å². The van der Waals surface area contributed by atoms with Gasteiger partial charge in [0, 0.05) is 33.7 Å². The fourth-order valence-corrected chi connectivity index (χ4v) is 3.46. The lowest BCUT2D eigenvalue weighted by Crippen LogP contribution is -2.27. The molecule has 1 amide bonds. The van der Waals surface area contributed by atoms with E-state index in [1.54, 1.807) is 31.4 Å². The van der Waals surface area contributed by atoms with E-state index in [2.05, 4.69) is 42.2 Å². The number of benzene rings is 2. The van der Waals surface area contributed by atoms with Crippen molar-refractivity contribution in [2.24, 2.45) is 0 Å². The summed E-state index contributed by atoms with van der Waals surface area (Å²) in [5, 5.41) is 2.77. The van der Waals surface area contributed by atoms with E-state index < -0.39 is 0 Å². The van der Waals surface area contributed by atoms with Crippen LogP contribution >= 0.6 is 31.9 Å². The number of hydrogen-bond acceptors (Lipinski definition) is 4. The van der Waals surface area contributed by atoms with Crippen molar-refractivity contribution in [2.45, 2.75) is 0 Å². The lowest BCUT2D eigenvalue weighted by Gasteiger charge is -2.09. The summed E-state index contributed by atoms with van der Waals surface area (Å²) in [7, 11) is 1.55. The van der Waals surface area contributed by atoms with Crippen LogP contribution in [0.5, 0.6) is 0 Å². The molecule has 1 aromatic heterocycles. The fourth-order valence-electron chi connectivity index (χ4n) is 2.93. The molecule has 3 aromatic rings. The maximum absolute atomic E-state index is 13.2. The van der Waals surface area contributed by atoms with Gasteiger partial charge in [0.15, 0.2) is 0 Å². The zero-order valence-corrected chi connectivity index (χ0v) is 18.8. The molecule has 2 aromatic carbocycles. The Bertz CT molecular complexity index is 1030. The summed E-state index contributed by atoms with van der Waals surface area (Å²) in [5.74, 6) is -0.486. The van der Waals surface area contributed by atoms with Crippen molar-refractivity contribution in [1.82, 2.24) is 10.3 Å². The number of ketones is 1. The Hall–Kier alpha value is -2.42. The number of H-pyrrole nitrogens is 1. The van der Waals surface area contributed by atoms with E-state index in [1.165, 1.54) is 0 Å². The van der Waals surface area contributed by atoms with Crippen molar-refractivity contribution in [3.8, 4) is 11.1 Å². The molecule has 0 aliphatic heterocycles. The molecular formula is C21H19Br2N3O3. The summed E-state index contributed by atoms with van der Waals surface area (Å²) in [4.78, 5) is 29.0. The summed E-state index contributed by atoms with van der Waals surface area (Å²) < 4.78 is 6.73. The predicted molar refractivity (Wildman–Crippen MR) is 120 cm³/mol. The highest BCUT2D eigenvalue weighted by Crippen LogP contribution is 2.34. The summed E-state index contributed by atoms with van der Waals surface area (Å²) >= 11 is 6.77. The number of carbonyl (C=O) groups excluding carboxylic acids is 2. The van der Waals surface area contributed by atoms with Crippen LogP contribution in [0.3, 0.4) is 0 Å². The summed E-state index contributed by atoms with van der Waals surface area (Å²) in [6.07, 6.45) is 0. The van der Waals surface area contributed by atoms with Crippen molar-refractivity contribution >= 4 is 49.4 Å². The molecule has 0 saturated heterocycles. The first-order valence-electron chi connectivity index (χ1n) is 8.77. The molecule has 0 atom stereocenters. The Labute approximate surface area is 185 Å². The van der Waals surface area contributed by atoms with Gasteiger partial charge in [-0.3, -0.25) is 9.59 Å². The van der Waals surface area contributed by atoms with E-state index in [-0.39, 0.29) is 28.8 Å². The second kappa shape index (κ2) is 9.39. The van der Waals surface area contributed by atoms with Gasteiger partial charge < -0.3 is 20.8 Å². The molecule has 150 valence electrons. The molecular weight excluding hydrogens is 502 g/mol. The molecule has 0 bridgehead atoms. The second-order valence-corrected chi connectivity index (χ2v) is 8.09. The first-order chi connectivity index (χ1) is 13.9. The zero-order valence-electron chi connectivity index (χ0n) is 15.6. The van der Waals surface area contributed by atoms with Crippen LogP contribution in [-0.4, -0.2) is 36.9 Å². The Morgan fingerprint density at radius 2 is 1.62 bits per heavy atom. The number of aromatic amines is 1. The van der Waals surface area contributed by atoms with Crippen LogP contribution in [0.4, 0.5) is 5.82 Å². The number of rotatable bonds is 7. The minimum atomic E-state index is -0.372. The van der Waals surface area contributed by atoms with Gasteiger partial charge in [-0.2, -0.15) is 0 Å². The zero-order chi connectivity index (χ0) is 21.0. The molecule has 0 aliphatic carbocycles. The van der Waals surface area contributed by atoms with Gasteiger partial charge in [0.2, 0.25) is 5.78 Å². The first kappa shape index (κ1) is 21.3. The lowest BCUT2D eigenvalue weighted by atomic mass is 9.96. The Morgan fingerprint density at radius 1 is 1.03 bits per heavy atom. The minimum absolute atomic E-state index is 0.137. The number of amides is 1. The number of nitrogens with two attached hydrogens (primary N) is 1. The largest absolute Gasteiger partial charge is 0.385 e. The van der Waals surface area contributed by atoms with Crippen molar-refractivity contribution in [1.29, 1.82) is 0 Å². The first-order valence-corrected chi connectivity index (χ1v) is 10.4. The number of nitrogen functional groups attached to an aromatic ring is 1. The van der Waals surface area contributed by atoms with Crippen LogP contribution in [0.2, 0.25) is 0 Å². The van der Waals surface area contributed by atoms with Crippen LogP contribution < -0.4 is 11.1 Å². The molecule has 4 N–H and O–H groups in total. The van der Waals surface area contributed by atoms with Crippen LogP contribution in [0.1, 0.15) is 26.4 Å². The van der Waals surface area contributed by atoms with Gasteiger partial charge in [0.25, 0.3) is 5.91 Å². The highest BCUT2D eigenvalue weighted by Gasteiger charge is 2.27. The van der Waals surface area contributed by atoms with Gasteiger partial charge in [-0.25, -0.2) is 0 Å². The van der Waals surface area contributed by atoms with E-state index in [0.717, 1.165) is 8.95 Å². The molecule has 0 fully saturated rings. The third-order valence-corrected chi connectivity index (χ3v) is 5.37. The average molecular weight is 521 g/mol. The SMILES string of the molecule is COCCNC(=O)c1c(N)[nH]c(C(=O)c2ccc(Br)cc2)c1-c1ccc(Br)cc1. The lowest BCUT2D eigenvalue weighted by molar-refractivity contribution is 0.0938. The molecule has 0 aliphatic rings. The van der Waals surface area contributed by atoms with E-state index in [9.17, 15) is 9.59 Å². The van der Waals surface area contributed by atoms with Crippen molar-refractivity contribution in [3.63, 3.8) is 0 Å². The molecule has 29 heavy (non-hydrogen) atoms. The van der Waals surface area contributed by atoms with Gasteiger partial charge in [0.05, 0.1) is 17.9 Å². The normalized spacial score (nSPS) is 10.7. The molecule has 1 heterocycles. The maximum Gasteiger partial charge on any atom is 0.255 e. The van der Waals surface area contributed by atoms with Crippen LogP contribution in [-0.2, 0) is 4.74 Å². The summed E-state index contributed by atoms with van der Waals surface area (Å²) in [6, 6.07) is 14.4. The van der Waals surface area contributed by atoms with Gasteiger partial charge in [-0.1, -0.05) is 44.0 Å². The molecule has 8 heteroatoms. The number of methoxy groups -OCH3 is 1.